The average Bonchev–Trinajstić information content (AvgIpc) is 2.89. The largest absolute Gasteiger partial charge is 0.351 e. The van der Waals surface area contributed by atoms with Gasteiger partial charge in [-0.15, -0.1) is 0 Å². The molecule has 1 rings (SSSR count). The lowest BCUT2D eigenvalue weighted by Gasteiger charge is -2.37. The first-order chi connectivity index (χ1) is 10.6. The van der Waals surface area contributed by atoms with Crippen molar-refractivity contribution in [2.75, 3.05) is 19.6 Å². The van der Waals surface area contributed by atoms with E-state index in [0.29, 0.717) is 6.17 Å². The number of hydrogen-bond donors (Lipinski definition) is 2. The van der Waals surface area contributed by atoms with Crippen molar-refractivity contribution in [2.24, 2.45) is 0 Å². The second-order valence-corrected chi connectivity index (χ2v) is 6.17. The van der Waals surface area contributed by atoms with E-state index in [4.69, 9.17) is 0 Å². The van der Waals surface area contributed by atoms with Crippen LogP contribution < -0.4 is 10.6 Å². The van der Waals surface area contributed by atoms with Crippen molar-refractivity contribution in [3.63, 3.8) is 0 Å². The number of carbonyl (C=O) groups excluding carboxylic acids is 1. The van der Waals surface area contributed by atoms with Crippen LogP contribution in [0.3, 0.4) is 0 Å². The Hall–Kier alpha value is -1.29. The zero-order valence-corrected chi connectivity index (χ0v) is 14.6. The molecule has 0 bridgehead atoms. The van der Waals surface area contributed by atoms with Gasteiger partial charge < -0.3 is 10.6 Å². The number of unbranched alkanes of at least 4 members (excludes halogenated alkanes) is 3. The van der Waals surface area contributed by atoms with Gasteiger partial charge in [-0.25, -0.2) is 0 Å². The molecule has 0 spiro atoms. The minimum atomic E-state index is 0.0548. The maximum Gasteiger partial charge on any atom is 0.217 e. The van der Waals surface area contributed by atoms with Crippen molar-refractivity contribution >= 4 is 5.91 Å². The lowest BCUT2D eigenvalue weighted by Crippen LogP contribution is -2.55. The summed E-state index contributed by atoms with van der Waals surface area (Å²) in [7, 11) is 0. The van der Waals surface area contributed by atoms with Crippen LogP contribution in [-0.2, 0) is 4.79 Å². The summed E-state index contributed by atoms with van der Waals surface area (Å²) < 4.78 is 0.930. The predicted octanol–water partition coefficient (Wildman–Crippen LogP) is 3.28. The highest BCUT2D eigenvalue weighted by molar-refractivity contribution is 5.72. The summed E-state index contributed by atoms with van der Waals surface area (Å²) in [6, 6.07) is 0. The molecule has 1 aliphatic rings. The summed E-state index contributed by atoms with van der Waals surface area (Å²) in [5, 5.41) is 6.42. The molecule has 0 aliphatic carbocycles. The molecule has 0 saturated heterocycles. The number of amides is 1. The highest BCUT2D eigenvalue weighted by atomic mass is 16.1. The Morgan fingerprint density at radius 3 is 2.64 bits per heavy atom. The van der Waals surface area contributed by atoms with Crippen molar-refractivity contribution < 1.29 is 9.28 Å². The van der Waals surface area contributed by atoms with Crippen molar-refractivity contribution in [2.45, 2.75) is 65.5 Å². The Bertz CT molecular complexity index is 379. The van der Waals surface area contributed by atoms with E-state index in [2.05, 4.69) is 49.0 Å². The fraction of sp³-hybridized carbons (Fsp3) is 0.722. The second kappa shape index (κ2) is 10.4. The van der Waals surface area contributed by atoms with E-state index in [-0.39, 0.29) is 5.91 Å². The molecule has 0 aromatic rings. The number of likely N-dealkylation sites (N-methyl/N-ethyl adjacent to an activating group) is 1. The van der Waals surface area contributed by atoms with Crippen molar-refractivity contribution in [1.82, 2.24) is 10.6 Å². The lowest BCUT2D eigenvalue weighted by atomic mass is 10.1. The standard InChI is InChI=1S/C18H33N3O/c1-4-6-7-8-9-10-11-12-18-20-14-16-21(18,5-2)15-13-19-17(3)22/h8-9,14,16,18,20H,4-7,10-13,15H2,1-3H3/p+1/b9-8+. The minimum Gasteiger partial charge on any atom is -0.351 e. The summed E-state index contributed by atoms with van der Waals surface area (Å²) in [5.74, 6) is 0.0548. The van der Waals surface area contributed by atoms with Crippen LogP contribution in [0.2, 0.25) is 0 Å². The van der Waals surface area contributed by atoms with Crippen LogP contribution in [0.25, 0.3) is 0 Å². The Labute approximate surface area is 136 Å². The van der Waals surface area contributed by atoms with Gasteiger partial charge in [0.2, 0.25) is 5.91 Å². The molecule has 1 aliphatic heterocycles. The lowest BCUT2D eigenvalue weighted by molar-refractivity contribution is -0.898. The molecule has 22 heavy (non-hydrogen) atoms. The zero-order valence-electron chi connectivity index (χ0n) is 14.6. The molecule has 2 unspecified atom stereocenters. The van der Waals surface area contributed by atoms with Gasteiger partial charge in [0.1, 0.15) is 12.7 Å². The molecule has 0 aromatic heterocycles. The summed E-state index contributed by atoms with van der Waals surface area (Å²) in [6.45, 7) is 8.79. The molecular weight excluding hydrogens is 274 g/mol. The Balaban J connectivity index is 2.34. The Kier molecular flexibility index (Phi) is 8.90. The molecule has 2 N–H and O–H groups in total. The fourth-order valence-corrected chi connectivity index (χ4v) is 3.04. The van der Waals surface area contributed by atoms with Crippen LogP contribution in [0.4, 0.5) is 0 Å². The van der Waals surface area contributed by atoms with Crippen LogP contribution in [0.15, 0.2) is 24.6 Å². The number of nitrogens with zero attached hydrogens (tertiary/aromatic N) is 1. The molecule has 1 heterocycles. The van der Waals surface area contributed by atoms with E-state index in [9.17, 15) is 4.79 Å². The average molecular weight is 308 g/mol. The maximum absolute atomic E-state index is 11.1. The topological polar surface area (TPSA) is 41.1 Å². The number of quaternary nitrogens is 1. The molecule has 0 saturated carbocycles. The van der Waals surface area contributed by atoms with Crippen molar-refractivity contribution in [3.8, 4) is 0 Å². The van der Waals surface area contributed by atoms with Crippen molar-refractivity contribution in [1.29, 1.82) is 0 Å². The van der Waals surface area contributed by atoms with Gasteiger partial charge in [0.05, 0.1) is 19.3 Å². The van der Waals surface area contributed by atoms with E-state index < -0.39 is 0 Å². The monoisotopic (exact) mass is 308 g/mol. The van der Waals surface area contributed by atoms with Gasteiger partial charge in [-0.2, -0.15) is 0 Å². The quantitative estimate of drug-likeness (QED) is 0.349. The predicted molar refractivity (Wildman–Crippen MR) is 92.9 cm³/mol. The molecule has 4 nitrogen and oxygen atoms in total. The van der Waals surface area contributed by atoms with E-state index in [1.54, 1.807) is 6.92 Å². The summed E-state index contributed by atoms with van der Waals surface area (Å²) in [6.07, 6.45) is 16.8. The molecular formula is C18H34N3O+. The maximum atomic E-state index is 11.1. The third-order valence-electron chi connectivity index (χ3n) is 4.51. The zero-order chi connectivity index (χ0) is 16.3. The molecule has 0 fully saturated rings. The van der Waals surface area contributed by atoms with E-state index in [1.807, 2.05) is 0 Å². The fourth-order valence-electron chi connectivity index (χ4n) is 3.04. The Morgan fingerprint density at radius 2 is 2.00 bits per heavy atom. The summed E-state index contributed by atoms with van der Waals surface area (Å²) in [5.41, 5.74) is 0. The summed E-state index contributed by atoms with van der Waals surface area (Å²) >= 11 is 0. The smallest absolute Gasteiger partial charge is 0.217 e. The molecule has 0 radical (unpaired) electrons. The SMILES string of the molecule is CCCC/C=C/CCCC1NC=C[N+]1(CC)CCNC(C)=O. The molecule has 126 valence electrons. The Morgan fingerprint density at radius 1 is 1.27 bits per heavy atom. The molecule has 0 aromatic carbocycles. The second-order valence-electron chi connectivity index (χ2n) is 6.17. The van der Waals surface area contributed by atoms with E-state index in [1.165, 1.54) is 32.1 Å². The van der Waals surface area contributed by atoms with Gasteiger partial charge in [0.15, 0.2) is 6.17 Å². The van der Waals surface area contributed by atoms with Gasteiger partial charge >= 0.3 is 0 Å². The van der Waals surface area contributed by atoms with Crippen LogP contribution in [0, 0.1) is 0 Å². The van der Waals surface area contributed by atoms with Gasteiger partial charge in [0, 0.05) is 13.3 Å². The van der Waals surface area contributed by atoms with Crippen LogP contribution in [0.5, 0.6) is 0 Å². The van der Waals surface area contributed by atoms with E-state index in [0.717, 1.165) is 30.5 Å². The highest BCUT2D eigenvalue weighted by Gasteiger charge is 2.35. The number of hydrogen-bond acceptors (Lipinski definition) is 2. The summed E-state index contributed by atoms with van der Waals surface area (Å²) in [4.78, 5) is 11.1. The third kappa shape index (κ3) is 6.22. The van der Waals surface area contributed by atoms with Crippen molar-refractivity contribution in [3.05, 3.63) is 24.6 Å². The van der Waals surface area contributed by atoms with Gasteiger partial charge in [0.25, 0.3) is 0 Å². The molecule has 2 atom stereocenters. The highest BCUT2D eigenvalue weighted by Crippen LogP contribution is 2.22. The van der Waals surface area contributed by atoms with Gasteiger partial charge in [-0.3, -0.25) is 9.28 Å². The number of carbonyl (C=O) groups is 1. The third-order valence-corrected chi connectivity index (χ3v) is 4.51. The normalized spacial score (nSPS) is 23.9. The van der Waals surface area contributed by atoms with Crippen LogP contribution in [0.1, 0.15) is 59.3 Å². The van der Waals surface area contributed by atoms with Crippen LogP contribution >= 0.6 is 0 Å². The first kappa shape index (κ1) is 18.8. The van der Waals surface area contributed by atoms with Crippen LogP contribution in [-0.4, -0.2) is 36.2 Å². The van der Waals surface area contributed by atoms with Gasteiger partial charge in [-0.1, -0.05) is 31.9 Å². The number of allylic oxidation sites excluding steroid dienone is 2. The van der Waals surface area contributed by atoms with Gasteiger partial charge in [-0.05, 0) is 26.2 Å². The molecule has 4 heteroatoms. The first-order valence-electron chi connectivity index (χ1n) is 8.84. The number of rotatable bonds is 11. The first-order valence-corrected chi connectivity index (χ1v) is 8.84. The molecule has 1 amide bonds. The minimum absolute atomic E-state index is 0.0548. The number of nitrogens with one attached hydrogen (secondary N) is 2. The van der Waals surface area contributed by atoms with E-state index >= 15 is 0 Å².